The summed E-state index contributed by atoms with van der Waals surface area (Å²) in [7, 11) is 1.70. The van der Waals surface area contributed by atoms with Gasteiger partial charge in [-0.1, -0.05) is 13.0 Å². The molecule has 3 heteroatoms. The van der Waals surface area contributed by atoms with Gasteiger partial charge in [0.15, 0.2) is 0 Å². The Balaban J connectivity index is 3.45. The quantitative estimate of drug-likeness (QED) is 0.430. The number of hydrogen-bond donors (Lipinski definition) is 1. The van der Waals surface area contributed by atoms with Crippen LogP contribution >= 0.6 is 0 Å². The maximum atomic E-state index is 5.65. The van der Waals surface area contributed by atoms with Crippen LogP contribution in [0.15, 0.2) is 12.7 Å². The number of hydrogen-bond acceptors (Lipinski definition) is 3. The van der Waals surface area contributed by atoms with E-state index in [4.69, 9.17) is 9.47 Å². The lowest BCUT2D eigenvalue weighted by atomic mass is 10.3. The Kier molecular flexibility index (Phi) is 10.4. The van der Waals surface area contributed by atoms with Gasteiger partial charge in [0.05, 0.1) is 12.7 Å². The minimum atomic E-state index is 0.171. The van der Waals surface area contributed by atoms with Gasteiger partial charge in [0.1, 0.15) is 0 Å². The number of rotatable bonds is 10. The molecule has 0 amide bonds. The van der Waals surface area contributed by atoms with E-state index in [1.807, 2.05) is 6.08 Å². The number of likely N-dealkylation sites (N-methyl/N-ethyl adjacent to an activating group) is 1. The summed E-state index contributed by atoms with van der Waals surface area (Å²) in [5, 5.41) is 3.25. The molecule has 84 valence electrons. The third-order valence-corrected chi connectivity index (χ3v) is 1.88. The molecular formula is C11H23NO2. The molecule has 0 aromatic carbocycles. The zero-order valence-electron chi connectivity index (χ0n) is 9.42. The highest BCUT2D eigenvalue weighted by Gasteiger charge is 2.06. The van der Waals surface area contributed by atoms with Crippen molar-refractivity contribution in [2.45, 2.75) is 25.9 Å². The average Bonchev–Trinajstić information content (AvgIpc) is 2.20. The fourth-order valence-corrected chi connectivity index (χ4v) is 1.13. The molecule has 0 heterocycles. The number of ether oxygens (including phenoxy) is 2. The Morgan fingerprint density at radius 2 is 2.29 bits per heavy atom. The lowest BCUT2D eigenvalue weighted by Gasteiger charge is -2.17. The summed E-state index contributed by atoms with van der Waals surface area (Å²) in [5.74, 6) is 0. The highest BCUT2D eigenvalue weighted by atomic mass is 16.5. The Bertz CT molecular complexity index is 128. The van der Waals surface area contributed by atoms with E-state index in [-0.39, 0.29) is 6.10 Å². The third kappa shape index (κ3) is 8.23. The molecule has 0 rings (SSSR count). The van der Waals surface area contributed by atoms with Gasteiger partial charge in [0.2, 0.25) is 0 Å². The van der Waals surface area contributed by atoms with E-state index in [0.717, 1.165) is 32.5 Å². The van der Waals surface area contributed by atoms with Crippen LogP contribution in [0.1, 0.15) is 19.8 Å². The zero-order valence-corrected chi connectivity index (χ0v) is 9.42. The van der Waals surface area contributed by atoms with Crippen LogP contribution < -0.4 is 5.32 Å². The Morgan fingerprint density at radius 3 is 2.86 bits per heavy atom. The first kappa shape index (κ1) is 13.6. The van der Waals surface area contributed by atoms with Gasteiger partial charge in [-0.05, 0) is 19.4 Å². The van der Waals surface area contributed by atoms with Crippen molar-refractivity contribution in [3.8, 4) is 0 Å². The minimum absolute atomic E-state index is 0.171. The van der Waals surface area contributed by atoms with Gasteiger partial charge in [-0.2, -0.15) is 0 Å². The highest BCUT2D eigenvalue weighted by molar-refractivity contribution is 4.66. The second-order valence-electron chi connectivity index (χ2n) is 3.19. The van der Waals surface area contributed by atoms with Crippen molar-refractivity contribution in [1.29, 1.82) is 0 Å². The van der Waals surface area contributed by atoms with E-state index in [1.54, 1.807) is 7.11 Å². The molecule has 1 atom stereocenters. The lowest BCUT2D eigenvalue weighted by Crippen LogP contribution is -2.32. The van der Waals surface area contributed by atoms with E-state index in [9.17, 15) is 0 Å². The summed E-state index contributed by atoms with van der Waals surface area (Å²) in [4.78, 5) is 0. The number of methoxy groups -OCH3 is 1. The molecule has 1 unspecified atom stereocenters. The van der Waals surface area contributed by atoms with Crippen LogP contribution in [0.5, 0.6) is 0 Å². The summed E-state index contributed by atoms with van der Waals surface area (Å²) in [6, 6.07) is 0. The zero-order chi connectivity index (χ0) is 10.6. The molecule has 3 nitrogen and oxygen atoms in total. The first-order chi connectivity index (χ1) is 6.85. The lowest BCUT2D eigenvalue weighted by molar-refractivity contribution is -0.00131. The largest absolute Gasteiger partial charge is 0.382 e. The van der Waals surface area contributed by atoms with Gasteiger partial charge >= 0.3 is 0 Å². The highest BCUT2D eigenvalue weighted by Crippen LogP contribution is 1.96. The third-order valence-electron chi connectivity index (χ3n) is 1.88. The smallest absolute Gasteiger partial charge is 0.0932 e. The average molecular weight is 201 g/mol. The van der Waals surface area contributed by atoms with E-state index < -0.39 is 0 Å². The van der Waals surface area contributed by atoms with Gasteiger partial charge in [0.25, 0.3) is 0 Å². The first-order valence-electron chi connectivity index (χ1n) is 5.27. The monoisotopic (exact) mass is 201 g/mol. The molecule has 0 saturated carbocycles. The normalized spacial score (nSPS) is 12.7. The summed E-state index contributed by atoms with van der Waals surface area (Å²) in [6.07, 6.45) is 4.14. The summed E-state index contributed by atoms with van der Waals surface area (Å²) in [6.45, 7) is 9.02. The molecule has 0 aliphatic carbocycles. The molecule has 0 bridgehead atoms. The van der Waals surface area contributed by atoms with Gasteiger partial charge < -0.3 is 14.8 Å². The number of nitrogens with one attached hydrogen (secondary N) is 1. The Morgan fingerprint density at radius 1 is 1.50 bits per heavy atom. The minimum Gasteiger partial charge on any atom is -0.382 e. The van der Waals surface area contributed by atoms with Crippen LogP contribution in [-0.4, -0.2) is 39.5 Å². The molecule has 0 aromatic heterocycles. The van der Waals surface area contributed by atoms with Crippen molar-refractivity contribution >= 4 is 0 Å². The topological polar surface area (TPSA) is 30.5 Å². The van der Waals surface area contributed by atoms with E-state index in [1.165, 1.54) is 0 Å². The second kappa shape index (κ2) is 10.7. The van der Waals surface area contributed by atoms with Crippen molar-refractivity contribution in [2.75, 3.05) is 33.4 Å². The molecular weight excluding hydrogens is 178 g/mol. The molecule has 0 aliphatic heterocycles. The molecule has 1 N–H and O–H groups in total. The predicted molar refractivity (Wildman–Crippen MR) is 59.6 cm³/mol. The van der Waals surface area contributed by atoms with Crippen molar-refractivity contribution in [3.63, 3.8) is 0 Å². The summed E-state index contributed by atoms with van der Waals surface area (Å²) < 4.78 is 10.7. The van der Waals surface area contributed by atoms with E-state index in [0.29, 0.717) is 6.61 Å². The summed E-state index contributed by atoms with van der Waals surface area (Å²) in [5.41, 5.74) is 0. The van der Waals surface area contributed by atoms with Crippen LogP contribution in [-0.2, 0) is 9.47 Å². The van der Waals surface area contributed by atoms with Gasteiger partial charge in [0, 0.05) is 20.3 Å². The van der Waals surface area contributed by atoms with Crippen molar-refractivity contribution < 1.29 is 9.47 Å². The van der Waals surface area contributed by atoms with Crippen LogP contribution in [0.25, 0.3) is 0 Å². The fraction of sp³-hybridized carbons (Fsp3) is 0.818. The fourth-order valence-electron chi connectivity index (χ4n) is 1.13. The van der Waals surface area contributed by atoms with Crippen LogP contribution in [0.4, 0.5) is 0 Å². The SMILES string of the molecule is C=CCCCOC(CNCC)COC. The van der Waals surface area contributed by atoms with Crippen molar-refractivity contribution in [1.82, 2.24) is 5.32 Å². The molecule has 0 saturated heterocycles. The molecule has 0 aromatic rings. The molecule has 0 radical (unpaired) electrons. The Hall–Kier alpha value is -0.380. The van der Waals surface area contributed by atoms with Crippen molar-refractivity contribution in [3.05, 3.63) is 12.7 Å². The first-order valence-corrected chi connectivity index (χ1v) is 5.27. The molecule has 0 aliphatic rings. The maximum absolute atomic E-state index is 5.65. The predicted octanol–water partition coefficient (Wildman–Crippen LogP) is 1.59. The summed E-state index contributed by atoms with van der Waals surface area (Å²) >= 11 is 0. The van der Waals surface area contributed by atoms with Gasteiger partial charge in [-0.15, -0.1) is 6.58 Å². The van der Waals surface area contributed by atoms with Crippen LogP contribution in [0.2, 0.25) is 0 Å². The van der Waals surface area contributed by atoms with Crippen molar-refractivity contribution in [2.24, 2.45) is 0 Å². The van der Waals surface area contributed by atoms with Gasteiger partial charge in [-0.3, -0.25) is 0 Å². The standard InChI is InChI=1S/C11H23NO2/c1-4-6-7-8-14-11(10-13-3)9-12-5-2/h4,11-12H,1,5-10H2,2-3H3. The van der Waals surface area contributed by atoms with Gasteiger partial charge in [-0.25, -0.2) is 0 Å². The van der Waals surface area contributed by atoms with E-state index in [2.05, 4.69) is 18.8 Å². The van der Waals surface area contributed by atoms with Crippen LogP contribution in [0.3, 0.4) is 0 Å². The number of allylic oxidation sites excluding steroid dienone is 1. The Labute approximate surface area is 87.5 Å². The molecule has 0 fully saturated rings. The maximum Gasteiger partial charge on any atom is 0.0932 e. The second-order valence-corrected chi connectivity index (χ2v) is 3.19. The van der Waals surface area contributed by atoms with Crippen LogP contribution in [0, 0.1) is 0 Å². The number of unbranched alkanes of at least 4 members (excludes halogenated alkanes) is 1. The molecule has 0 spiro atoms. The molecule has 14 heavy (non-hydrogen) atoms. The van der Waals surface area contributed by atoms with E-state index >= 15 is 0 Å².